The maximum Gasteiger partial charge on any atom is 0.195 e. The van der Waals surface area contributed by atoms with Crippen LogP contribution in [0.2, 0.25) is 5.22 Å². The molecule has 1 aromatic heterocycles. The van der Waals surface area contributed by atoms with Crippen LogP contribution in [0.25, 0.3) is 0 Å². The zero-order chi connectivity index (χ0) is 8.72. The Balaban J connectivity index is 2.41. The minimum Gasteiger partial charge on any atom is -0.447 e. The summed E-state index contributed by atoms with van der Waals surface area (Å²) < 4.78 is 5.32. The fourth-order valence-electron chi connectivity index (χ4n) is 1.44. The van der Waals surface area contributed by atoms with Crippen molar-refractivity contribution in [2.45, 2.75) is 6.42 Å². The summed E-state index contributed by atoms with van der Waals surface area (Å²) in [5.74, 6) is 0.987. The van der Waals surface area contributed by atoms with Crippen molar-refractivity contribution < 1.29 is 4.42 Å². The van der Waals surface area contributed by atoms with E-state index >= 15 is 0 Å². The molecule has 1 aliphatic rings. The topological polar surface area (TPSA) is 19.6 Å². The molecular formula is C8H11ClN2O. The molecule has 0 saturated carbocycles. The highest BCUT2D eigenvalue weighted by molar-refractivity contribution is 6.29. The predicted molar refractivity (Wildman–Crippen MR) is 48.5 cm³/mol. The number of fused-ring (bicyclic) bond motifs is 1. The molecule has 4 heteroatoms. The number of hydrogen-bond donors (Lipinski definition) is 0. The fourth-order valence-corrected chi connectivity index (χ4v) is 1.63. The van der Waals surface area contributed by atoms with Gasteiger partial charge in [0.1, 0.15) is 5.76 Å². The largest absolute Gasteiger partial charge is 0.447 e. The van der Waals surface area contributed by atoms with Crippen LogP contribution in [-0.2, 0) is 6.42 Å². The van der Waals surface area contributed by atoms with Crippen molar-refractivity contribution in [3.05, 3.63) is 17.0 Å². The second-order valence-corrected chi connectivity index (χ2v) is 3.39. The van der Waals surface area contributed by atoms with Crippen molar-refractivity contribution >= 4 is 17.3 Å². The number of likely N-dealkylation sites (N-methyl/N-ethyl adjacent to an activating group) is 1. The number of furan rings is 1. The Morgan fingerprint density at radius 1 is 1.50 bits per heavy atom. The minimum absolute atomic E-state index is 0.474. The summed E-state index contributed by atoms with van der Waals surface area (Å²) in [6.07, 6.45) is 0.933. The van der Waals surface area contributed by atoms with Gasteiger partial charge in [-0.05, 0) is 11.6 Å². The summed E-state index contributed by atoms with van der Waals surface area (Å²) in [4.78, 5) is 0. The van der Waals surface area contributed by atoms with E-state index in [1.165, 1.54) is 0 Å². The molecule has 0 fully saturated rings. The molecule has 0 radical (unpaired) electrons. The molecule has 0 saturated heterocycles. The molecule has 0 aromatic carbocycles. The van der Waals surface area contributed by atoms with Crippen molar-refractivity contribution in [1.29, 1.82) is 0 Å². The Bertz CT molecular complexity index is 297. The SMILES string of the molecule is CN1CCc2oc(Cl)cc2N1C. The Morgan fingerprint density at radius 2 is 2.25 bits per heavy atom. The molecule has 12 heavy (non-hydrogen) atoms. The van der Waals surface area contributed by atoms with Crippen molar-refractivity contribution in [2.75, 3.05) is 25.6 Å². The lowest BCUT2D eigenvalue weighted by Gasteiger charge is -2.33. The third kappa shape index (κ3) is 1.09. The van der Waals surface area contributed by atoms with Crippen LogP contribution in [-0.4, -0.2) is 25.6 Å². The number of rotatable bonds is 0. The van der Waals surface area contributed by atoms with E-state index in [1.807, 2.05) is 25.2 Å². The smallest absolute Gasteiger partial charge is 0.195 e. The van der Waals surface area contributed by atoms with Crippen molar-refractivity contribution in [3.8, 4) is 0 Å². The molecule has 0 bridgehead atoms. The first-order valence-corrected chi connectivity index (χ1v) is 4.29. The van der Waals surface area contributed by atoms with Gasteiger partial charge in [-0.2, -0.15) is 0 Å². The number of anilines is 1. The summed E-state index contributed by atoms with van der Waals surface area (Å²) in [6.45, 7) is 0.980. The molecule has 2 heterocycles. The number of nitrogens with zero attached hydrogens (tertiary/aromatic N) is 2. The molecule has 2 rings (SSSR count). The van der Waals surface area contributed by atoms with Crippen LogP contribution in [0.3, 0.4) is 0 Å². The van der Waals surface area contributed by atoms with Gasteiger partial charge in [0.25, 0.3) is 0 Å². The van der Waals surface area contributed by atoms with E-state index in [4.69, 9.17) is 16.0 Å². The van der Waals surface area contributed by atoms with Gasteiger partial charge in [0, 0.05) is 33.1 Å². The summed E-state index contributed by atoms with van der Waals surface area (Å²) >= 11 is 5.75. The molecule has 0 unspecified atom stereocenters. The van der Waals surface area contributed by atoms with Crippen LogP contribution in [0.5, 0.6) is 0 Å². The average Bonchev–Trinajstić information content (AvgIpc) is 2.39. The average molecular weight is 187 g/mol. The van der Waals surface area contributed by atoms with Gasteiger partial charge in [-0.25, -0.2) is 5.01 Å². The van der Waals surface area contributed by atoms with Gasteiger partial charge >= 0.3 is 0 Å². The van der Waals surface area contributed by atoms with Crippen molar-refractivity contribution in [2.24, 2.45) is 0 Å². The summed E-state index contributed by atoms with van der Waals surface area (Å²) in [6, 6.07) is 1.85. The molecule has 0 atom stereocenters. The molecule has 0 aliphatic carbocycles. The van der Waals surface area contributed by atoms with Gasteiger partial charge < -0.3 is 9.43 Å². The molecule has 0 N–H and O–H groups in total. The van der Waals surface area contributed by atoms with Crippen molar-refractivity contribution in [3.63, 3.8) is 0 Å². The molecule has 0 spiro atoms. The second-order valence-electron chi connectivity index (χ2n) is 3.01. The van der Waals surface area contributed by atoms with E-state index in [0.717, 1.165) is 24.4 Å². The molecule has 1 aliphatic heterocycles. The Hall–Kier alpha value is -0.670. The highest BCUT2D eigenvalue weighted by Crippen LogP contribution is 2.31. The van der Waals surface area contributed by atoms with Crippen LogP contribution in [0.1, 0.15) is 5.76 Å². The van der Waals surface area contributed by atoms with Gasteiger partial charge in [-0.1, -0.05) is 0 Å². The maximum absolute atomic E-state index is 5.75. The lowest BCUT2D eigenvalue weighted by atomic mass is 10.2. The lowest BCUT2D eigenvalue weighted by molar-refractivity contribution is 0.297. The standard InChI is InChI=1S/C8H11ClN2O/c1-10-4-3-7-6(11(10)2)5-8(9)12-7/h5H,3-4H2,1-2H3. The van der Waals surface area contributed by atoms with Crippen LogP contribution >= 0.6 is 11.6 Å². The van der Waals surface area contributed by atoms with E-state index in [1.54, 1.807) is 0 Å². The first-order chi connectivity index (χ1) is 5.68. The van der Waals surface area contributed by atoms with Gasteiger partial charge in [-0.3, -0.25) is 0 Å². The van der Waals surface area contributed by atoms with Gasteiger partial charge in [-0.15, -0.1) is 0 Å². The Kier molecular flexibility index (Phi) is 1.77. The zero-order valence-corrected chi connectivity index (χ0v) is 7.93. The van der Waals surface area contributed by atoms with Gasteiger partial charge in [0.15, 0.2) is 5.22 Å². The number of halogens is 1. The Labute approximate surface area is 76.5 Å². The number of hydrogen-bond acceptors (Lipinski definition) is 3. The quantitative estimate of drug-likeness (QED) is 0.616. The highest BCUT2D eigenvalue weighted by atomic mass is 35.5. The van der Waals surface area contributed by atoms with E-state index in [0.29, 0.717) is 5.22 Å². The summed E-state index contributed by atoms with van der Waals surface area (Å²) in [7, 11) is 4.05. The first kappa shape index (κ1) is 7.95. The normalized spacial score (nSPS) is 18.1. The maximum atomic E-state index is 5.75. The van der Waals surface area contributed by atoms with Gasteiger partial charge in [0.2, 0.25) is 0 Å². The second kappa shape index (κ2) is 2.68. The van der Waals surface area contributed by atoms with Crippen LogP contribution < -0.4 is 5.01 Å². The van der Waals surface area contributed by atoms with E-state index < -0.39 is 0 Å². The summed E-state index contributed by atoms with van der Waals surface area (Å²) in [5.41, 5.74) is 1.08. The third-order valence-corrected chi connectivity index (χ3v) is 2.47. The van der Waals surface area contributed by atoms with Gasteiger partial charge in [0.05, 0.1) is 5.69 Å². The zero-order valence-electron chi connectivity index (χ0n) is 7.17. The lowest BCUT2D eigenvalue weighted by Crippen LogP contribution is -2.41. The monoisotopic (exact) mass is 186 g/mol. The first-order valence-electron chi connectivity index (χ1n) is 3.91. The summed E-state index contributed by atoms with van der Waals surface area (Å²) in [5, 5.41) is 4.66. The van der Waals surface area contributed by atoms with E-state index in [9.17, 15) is 0 Å². The molecular weight excluding hydrogens is 176 g/mol. The van der Waals surface area contributed by atoms with Crippen LogP contribution in [0.15, 0.2) is 10.5 Å². The van der Waals surface area contributed by atoms with E-state index in [-0.39, 0.29) is 0 Å². The van der Waals surface area contributed by atoms with Crippen LogP contribution in [0, 0.1) is 0 Å². The predicted octanol–water partition coefficient (Wildman–Crippen LogP) is 1.77. The van der Waals surface area contributed by atoms with Crippen LogP contribution in [0.4, 0.5) is 5.69 Å². The molecule has 0 amide bonds. The molecule has 1 aromatic rings. The number of hydrazine groups is 1. The highest BCUT2D eigenvalue weighted by Gasteiger charge is 2.21. The van der Waals surface area contributed by atoms with Crippen molar-refractivity contribution in [1.82, 2.24) is 5.01 Å². The minimum atomic E-state index is 0.474. The van der Waals surface area contributed by atoms with E-state index in [2.05, 4.69) is 5.01 Å². The third-order valence-electron chi connectivity index (χ3n) is 2.28. The fraction of sp³-hybridized carbons (Fsp3) is 0.500. The molecule has 3 nitrogen and oxygen atoms in total. The Morgan fingerprint density at radius 3 is 3.00 bits per heavy atom. The molecule has 66 valence electrons.